The molecule has 1 aliphatic heterocycles. The lowest BCUT2D eigenvalue weighted by Gasteiger charge is -2.13. The minimum Gasteiger partial charge on any atom is -0.497 e. The molecule has 0 spiro atoms. The van der Waals surface area contributed by atoms with Crippen LogP contribution in [0.2, 0.25) is 0 Å². The molecule has 0 atom stereocenters. The van der Waals surface area contributed by atoms with Gasteiger partial charge in [-0.3, -0.25) is 14.5 Å². The third-order valence-corrected chi connectivity index (χ3v) is 5.82. The molecule has 9 heteroatoms. The molecule has 6 nitrogen and oxygen atoms in total. The molecule has 3 rings (SSSR count). The summed E-state index contributed by atoms with van der Waals surface area (Å²) in [7, 11) is 1.61. The number of aromatic nitrogens is 1. The highest BCUT2D eigenvalue weighted by Crippen LogP contribution is 2.33. The Bertz CT molecular complexity index is 864. The number of anilines is 1. The molecule has 2 amide bonds. The van der Waals surface area contributed by atoms with E-state index in [-0.39, 0.29) is 11.8 Å². The summed E-state index contributed by atoms with van der Waals surface area (Å²) >= 11 is 7.97. The zero-order valence-electron chi connectivity index (χ0n) is 14.5. The quantitative estimate of drug-likeness (QED) is 0.544. The Morgan fingerprint density at radius 2 is 2.15 bits per heavy atom. The Labute approximate surface area is 170 Å². The Morgan fingerprint density at radius 1 is 1.37 bits per heavy atom. The second-order valence-corrected chi connectivity index (χ2v) is 8.17. The van der Waals surface area contributed by atoms with E-state index in [9.17, 15) is 9.59 Å². The standard InChI is InChI=1S/C18H17N3O3S3/c1-24-13-6-4-12(5-7-13)11-14-16(23)21(18(25)27-14)9-2-3-15(22)20-17-19-8-10-26-17/h4-8,10-11H,2-3,9H2,1H3,(H,19,20,22)/b14-11-. The van der Waals surface area contributed by atoms with Crippen LogP contribution in [0.25, 0.3) is 6.08 Å². The van der Waals surface area contributed by atoms with E-state index in [1.54, 1.807) is 23.6 Å². The van der Waals surface area contributed by atoms with Gasteiger partial charge in [0.25, 0.3) is 5.91 Å². The van der Waals surface area contributed by atoms with Gasteiger partial charge in [-0.25, -0.2) is 4.98 Å². The van der Waals surface area contributed by atoms with Gasteiger partial charge in [0, 0.05) is 24.5 Å². The Balaban J connectivity index is 1.54. The lowest BCUT2D eigenvalue weighted by molar-refractivity contribution is -0.122. The van der Waals surface area contributed by atoms with Crippen LogP contribution in [0, 0.1) is 0 Å². The summed E-state index contributed by atoms with van der Waals surface area (Å²) in [5, 5.41) is 5.10. The van der Waals surface area contributed by atoms with Gasteiger partial charge in [0.1, 0.15) is 10.1 Å². The van der Waals surface area contributed by atoms with E-state index >= 15 is 0 Å². The van der Waals surface area contributed by atoms with Crippen molar-refractivity contribution < 1.29 is 14.3 Å². The number of nitrogens with one attached hydrogen (secondary N) is 1. The number of carbonyl (C=O) groups is 2. The van der Waals surface area contributed by atoms with Crippen molar-refractivity contribution in [1.82, 2.24) is 9.88 Å². The van der Waals surface area contributed by atoms with Gasteiger partial charge in [-0.1, -0.05) is 36.1 Å². The van der Waals surface area contributed by atoms with Crippen molar-refractivity contribution in [3.8, 4) is 5.75 Å². The van der Waals surface area contributed by atoms with E-state index in [0.717, 1.165) is 11.3 Å². The van der Waals surface area contributed by atoms with Gasteiger partial charge >= 0.3 is 0 Å². The van der Waals surface area contributed by atoms with Crippen LogP contribution in [0.1, 0.15) is 18.4 Å². The number of hydrogen-bond acceptors (Lipinski definition) is 7. The molecule has 2 heterocycles. The molecule has 0 bridgehead atoms. The predicted octanol–water partition coefficient (Wildman–Crippen LogP) is 3.77. The maximum atomic E-state index is 12.6. The van der Waals surface area contributed by atoms with Crippen LogP contribution < -0.4 is 10.1 Å². The van der Waals surface area contributed by atoms with Gasteiger partial charge in [-0.2, -0.15) is 0 Å². The fourth-order valence-corrected chi connectivity index (χ4v) is 4.26. The number of thioether (sulfide) groups is 1. The van der Waals surface area contributed by atoms with Crippen LogP contribution in [0.4, 0.5) is 5.13 Å². The molecule has 140 valence electrons. The summed E-state index contributed by atoms with van der Waals surface area (Å²) in [4.78, 5) is 30.6. The predicted molar refractivity (Wildman–Crippen MR) is 113 cm³/mol. The van der Waals surface area contributed by atoms with Crippen molar-refractivity contribution in [1.29, 1.82) is 0 Å². The molecule has 1 aromatic heterocycles. The number of methoxy groups -OCH3 is 1. The Kier molecular flexibility index (Phi) is 6.59. The van der Waals surface area contributed by atoms with E-state index in [2.05, 4.69) is 10.3 Å². The molecule has 0 saturated carbocycles. The number of ether oxygens (including phenoxy) is 1. The Morgan fingerprint density at radius 3 is 2.81 bits per heavy atom. The molecular weight excluding hydrogens is 402 g/mol. The molecule has 1 fully saturated rings. The number of thiazole rings is 1. The average molecular weight is 420 g/mol. The number of benzene rings is 1. The first kappa shape index (κ1) is 19.5. The van der Waals surface area contributed by atoms with Crippen molar-refractivity contribution in [3.63, 3.8) is 0 Å². The van der Waals surface area contributed by atoms with Crippen LogP contribution in [-0.2, 0) is 9.59 Å². The second-order valence-electron chi connectivity index (χ2n) is 5.60. The average Bonchev–Trinajstić information content (AvgIpc) is 3.26. The van der Waals surface area contributed by atoms with Crippen molar-refractivity contribution in [2.75, 3.05) is 19.0 Å². The maximum absolute atomic E-state index is 12.6. The number of hydrogen-bond donors (Lipinski definition) is 1. The first-order valence-corrected chi connectivity index (χ1v) is 10.3. The third kappa shape index (κ3) is 5.15. The van der Waals surface area contributed by atoms with E-state index < -0.39 is 0 Å². The lowest BCUT2D eigenvalue weighted by Crippen LogP contribution is -2.29. The molecule has 2 aromatic rings. The lowest BCUT2D eigenvalue weighted by atomic mass is 10.2. The third-order valence-electron chi connectivity index (χ3n) is 3.75. The topological polar surface area (TPSA) is 71.5 Å². The summed E-state index contributed by atoms with van der Waals surface area (Å²) in [5.74, 6) is 0.515. The number of rotatable bonds is 7. The summed E-state index contributed by atoms with van der Waals surface area (Å²) in [5.41, 5.74) is 0.902. The van der Waals surface area contributed by atoms with Gasteiger partial charge in [0.2, 0.25) is 5.91 Å². The SMILES string of the molecule is COc1ccc(/C=C2\SC(=S)N(CCCC(=O)Nc3nccs3)C2=O)cc1. The highest BCUT2D eigenvalue weighted by molar-refractivity contribution is 8.26. The first-order chi connectivity index (χ1) is 13.1. The second kappa shape index (κ2) is 9.12. The van der Waals surface area contributed by atoms with E-state index in [0.29, 0.717) is 33.7 Å². The largest absolute Gasteiger partial charge is 0.497 e. The summed E-state index contributed by atoms with van der Waals surface area (Å²) in [6, 6.07) is 7.45. The van der Waals surface area contributed by atoms with E-state index in [1.165, 1.54) is 23.1 Å². The normalized spacial score (nSPS) is 15.4. The summed E-state index contributed by atoms with van der Waals surface area (Å²) in [6.45, 7) is 0.413. The van der Waals surface area contributed by atoms with E-state index in [4.69, 9.17) is 17.0 Å². The van der Waals surface area contributed by atoms with Crippen LogP contribution in [-0.4, -0.2) is 39.7 Å². The van der Waals surface area contributed by atoms with Gasteiger partial charge in [0.15, 0.2) is 5.13 Å². The van der Waals surface area contributed by atoms with Crippen LogP contribution in [0.5, 0.6) is 5.75 Å². The van der Waals surface area contributed by atoms with Crippen molar-refractivity contribution in [3.05, 3.63) is 46.3 Å². The summed E-state index contributed by atoms with van der Waals surface area (Å²) in [6.07, 6.45) is 4.27. The summed E-state index contributed by atoms with van der Waals surface area (Å²) < 4.78 is 5.65. The van der Waals surface area contributed by atoms with Crippen molar-refractivity contribution in [2.24, 2.45) is 0 Å². The molecule has 0 aliphatic carbocycles. The molecule has 0 unspecified atom stereocenters. The minimum atomic E-state index is -0.124. The number of carbonyl (C=O) groups excluding carboxylic acids is 2. The smallest absolute Gasteiger partial charge is 0.266 e. The van der Waals surface area contributed by atoms with Gasteiger partial charge in [-0.15, -0.1) is 11.3 Å². The van der Waals surface area contributed by atoms with Gasteiger partial charge in [0.05, 0.1) is 12.0 Å². The highest BCUT2D eigenvalue weighted by atomic mass is 32.2. The minimum absolute atomic E-state index is 0.121. The molecule has 0 radical (unpaired) electrons. The molecule has 27 heavy (non-hydrogen) atoms. The van der Waals surface area contributed by atoms with Crippen LogP contribution >= 0.6 is 35.3 Å². The molecule has 1 saturated heterocycles. The zero-order valence-corrected chi connectivity index (χ0v) is 17.0. The van der Waals surface area contributed by atoms with Crippen molar-refractivity contribution in [2.45, 2.75) is 12.8 Å². The van der Waals surface area contributed by atoms with Crippen molar-refractivity contribution >= 4 is 62.7 Å². The Hall–Kier alpha value is -2.23. The van der Waals surface area contributed by atoms with E-state index in [1.807, 2.05) is 30.3 Å². The first-order valence-electron chi connectivity index (χ1n) is 8.15. The van der Waals surface area contributed by atoms with Gasteiger partial charge < -0.3 is 10.1 Å². The fraction of sp³-hybridized carbons (Fsp3) is 0.222. The number of thiocarbonyl (C=S) groups is 1. The van der Waals surface area contributed by atoms with Crippen LogP contribution in [0.3, 0.4) is 0 Å². The highest BCUT2D eigenvalue weighted by Gasteiger charge is 2.31. The van der Waals surface area contributed by atoms with Crippen LogP contribution in [0.15, 0.2) is 40.7 Å². The van der Waals surface area contributed by atoms with Gasteiger partial charge in [-0.05, 0) is 30.2 Å². The fourth-order valence-electron chi connectivity index (χ4n) is 2.41. The molecule has 1 N–H and O–H groups in total. The monoisotopic (exact) mass is 419 g/mol. The molecule has 1 aliphatic rings. The maximum Gasteiger partial charge on any atom is 0.266 e. The number of amides is 2. The molecular formula is C18H17N3O3S3. The zero-order chi connectivity index (χ0) is 19.2. The molecule has 1 aromatic carbocycles. The number of nitrogens with zero attached hydrogens (tertiary/aromatic N) is 2.